The summed E-state index contributed by atoms with van der Waals surface area (Å²) in [5, 5.41) is 9.23. The van der Waals surface area contributed by atoms with Crippen LogP contribution in [0.3, 0.4) is 0 Å². The van der Waals surface area contributed by atoms with Crippen molar-refractivity contribution < 1.29 is 19.0 Å². The normalized spacial score (nSPS) is 12.8. The van der Waals surface area contributed by atoms with Crippen LogP contribution in [0.25, 0.3) is 0 Å². The molecule has 0 bridgehead atoms. The Balaban J connectivity index is 0.00000341. The molecule has 8 nitrogen and oxygen atoms in total. The standard InChI is InChI=1S/C22H28N4O4.HI/c1-3-23-22(26-18-8-9-20-21(15-18)30-12-5-11-29-20)24-10-13-28-19-7-4-6-17(14-19)25-16(2)27;/h4,6-9,14-15H,3,5,10-13H2,1-2H3,(H,25,27)(H2,23,24,26);1H. The molecule has 0 aromatic heterocycles. The van der Waals surface area contributed by atoms with Crippen LogP contribution in [0.1, 0.15) is 20.3 Å². The third-order valence-electron chi connectivity index (χ3n) is 4.14. The average Bonchev–Trinajstić information content (AvgIpc) is 2.96. The molecule has 0 atom stereocenters. The predicted molar refractivity (Wildman–Crippen MR) is 133 cm³/mol. The van der Waals surface area contributed by atoms with E-state index in [1.165, 1.54) is 6.92 Å². The van der Waals surface area contributed by atoms with Crippen LogP contribution in [0.4, 0.5) is 11.4 Å². The van der Waals surface area contributed by atoms with Crippen molar-refractivity contribution in [2.45, 2.75) is 20.3 Å². The van der Waals surface area contributed by atoms with Crippen LogP contribution in [0.2, 0.25) is 0 Å². The summed E-state index contributed by atoms with van der Waals surface area (Å²) < 4.78 is 17.2. The van der Waals surface area contributed by atoms with Crippen molar-refractivity contribution in [1.82, 2.24) is 5.32 Å². The number of guanidine groups is 1. The molecule has 0 radical (unpaired) electrons. The van der Waals surface area contributed by atoms with Gasteiger partial charge in [-0.2, -0.15) is 0 Å². The number of hydrogen-bond donors (Lipinski definition) is 3. The molecule has 3 rings (SSSR count). The highest BCUT2D eigenvalue weighted by Crippen LogP contribution is 2.32. The quantitative estimate of drug-likeness (QED) is 0.214. The zero-order chi connectivity index (χ0) is 21.2. The Bertz CT molecular complexity index is 892. The molecule has 3 N–H and O–H groups in total. The number of aliphatic imine (C=N–C) groups is 1. The van der Waals surface area contributed by atoms with Gasteiger partial charge >= 0.3 is 0 Å². The highest BCUT2D eigenvalue weighted by molar-refractivity contribution is 14.0. The van der Waals surface area contributed by atoms with Crippen LogP contribution in [0.5, 0.6) is 17.2 Å². The zero-order valence-corrected chi connectivity index (χ0v) is 20.1. The fraction of sp³-hybridized carbons (Fsp3) is 0.364. The Labute approximate surface area is 199 Å². The first-order valence-corrected chi connectivity index (χ1v) is 10.1. The second-order valence-corrected chi connectivity index (χ2v) is 6.66. The average molecular weight is 540 g/mol. The number of nitrogens with one attached hydrogen (secondary N) is 3. The third-order valence-corrected chi connectivity index (χ3v) is 4.14. The molecule has 9 heteroatoms. The molecule has 2 aromatic rings. The number of fused-ring (bicyclic) bond motifs is 1. The van der Waals surface area contributed by atoms with Crippen molar-refractivity contribution in [3.05, 3.63) is 42.5 Å². The van der Waals surface area contributed by atoms with Crippen molar-refractivity contribution in [1.29, 1.82) is 0 Å². The summed E-state index contributed by atoms with van der Waals surface area (Å²) >= 11 is 0. The van der Waals surface area contributed by atoms with Gasteiger partial charge in [-0.3, -0.25) is 4.79 Å². The van der Waals surface area contributed by atoms with Gasteiger partial charge in [-0.1, -0.05) is 6.07 Å². The minimum absolute atomic E-state index is 0. The maximum Gasteiger partial charge on any atom is 0.221 e. The van der Waals surface area contributed by atoms with Gasteiger partial charge in [-0.05, 0) is 31.2 Å². The fourth-order valence-electron chi connectivity index (χ4n) is 2.87. The predicted octanol–water partition coefficient (Wildman–Crippen LogP) is 3.88. The summed E-state index contributed by atoms with van der Waals surface area (Å²) in [6.45, 7) is 6.39. The maximum atomic E-state index is 11.2. The first-order valence-electron chi connectivity index (χ1n) is 10.1. The number of ether oxygens (including phenoxy) is 3. The number of amides is 1. The molecule has 1 amide bonds. The molecular weight excluding hydrogens is 511 g/mol. The summed E-state index contributed by atoms with van der Waals surface area (Å²) in [6.07, 6.45) is 0.870. The van der Waals surface area contributed by atoms with E-state index >= 15 is 0 Å². The van der Waals surface area contributed by atoms with Crippen molar-refractivity contribution in [3.63, 3.8) is 0 Å². The van der Waals surface area contributed by atoms with E-state index in [4.69, 9.17) is 14.2 Å². The molecule has 0 spiro atoms. The molecule has 0 fully saturated rings. The van der Waals surface area contributed by atoms with Crippen LogP contribution < -0.4 is 30.2 Å². The summed E-state index contributed by atoms with van der Waals surface area (Å²) in [5.41, 5.74) is 1.57. The maximum absolute atomic E-state index is 11.2. The van der Waals surface area contributed by atoms with Gasteiger partial charge in [0, 0.05) is 43.4 Å². The lowest BCUT2D eigenvalue weighted by Gasteiger charge is -2.14. The van der Waals surface area contributed by atoms with Crippen LogP contribution in [-0.2, 0) is 4.79 Å². The molecule has 0 saturated heterocycles. The first kappa shape index (κ1) is 24.6. The molecule has 0 aliphatic carbocycles. The number of carbonyl (C=O) groups excluding carboxylic acids is 1. The number of anilines is 2. The van der Waals surface area contributed by atoms with Gasteiger partial charge in [-0.25, -0.2) is 4.99 Å². The van der Waals surface area contributed by atoms with Crippen molar-refractivity contribution in [2.75, 3.05) is 43.5 Å². The number of rotatable bonds is 7. The lowest BCUT2D eigenvalue weighted by molar-refractivity contribution is -0.114. The lowest BCUT2D eigenvalue weighted by atomic mass is 10.3. The number of benzene rings is 2. The Hall–Kier alpha value is -2.69. The van der Waals surface area contributed by atoms with E-state index in [1.807, 2.05) is 43.3 Å². The zero-order valence-electron chi connectivity index (χ0n) is 17.8. The number of carbonyl (C=O) groups is 1. The monoisotopic (exact) mass is 540 g/mol. The van der Waals surface area contributed by atoms with Gasteiger partial charge in [0.05, 0.1) is 19.8 Å². The van der Waals surface area contributed by atoms with E-state index in [2.05, 4.69) is 20.9 Å². The second-order valence-electron chi connectivity index (χ2n) is 6.66. The van der Waals surface area contributed by atoms with Gasteiger partial charge in [-0.15, -0.1) is 24.0 Å². The smallest absolute Gasteiger partial charge is 0.221 e. The van der Waals surface area contributed by atoms with E-state index < -0.39 is 0 Å². The van der Waals surface area contributed by atoms with Crippen LogP contribution in [-0.4, -0.2) is 44.8 Å². The molecule has 1 heterocycles. The molecule has 1 aliphatic heterocycles. The molecule has 0 saturated carbocycles. The summed E-state index contributed by atoms with van der Waals surface area (Å²) in [7, 11) is 0. The van der Waals surface area contributed by atoms with Gasteiger partial charge in [0.2, 0.25) is 5.91 Å². The van der Waals surface area contributed by atoms with Crippen molar-refractivity contribution in [3.8, 4) is 17.2 Å². The molecule has 1 aliphatic rings. The van der Waals surface area contributed by atoms with E-state index in [9.17, 15) is 4.79 Å². The topological polar surface area (TPSA) is 93.2 Å². The Morgan fingerprint density at radius 1 is 1.06 bits per heavy atom. The van der Waals surface area contributed by atoms with E-state index in [-0.39, 0.29) is 29.9 Å². The second kappa shape index (κ2) is 12.9. The number of hydrogen-bond acceptors (Lipinski definition) is 5. The highest BCUT2D eigenvalue weighted by atomic mass is 127. The third kappa shape index (κ3) is 8.16. The number of nitrogens with zero attached hydrogens (tertiary/aromatic N) is 1. The number of halogens is 1. The summed E-state index contributed by atoms with van der Waals surface area (Å²) in [4.78, 5) is 15.7. The first-order chi connectivity index (χ1) is 14.6. The summed E-state index contributed by atoms with van der Waals surface area (Å²) in [5.74, 6) is 2.71. The minimum atomic E-state index is -0.118. The van der Waals surface area contributed by atoms with E-state index in [0.717, 1.165) is 30.2 Å². The lowest BCUT2D eigenvalue weighted by Crippen LogP contribution is -2.31. The van der Waals surface area contributed by atoms with Gasteiger partial charge < -0.3 is 30.2 Å². The van der Waals surface area contributed by atoms with Gasteiger partial charge in [0.1, 0.15) is 12.4 Å². The SMILES string of the molecule is CCNC(=NCCOc1cccc(NC(C)=O)c1)Nc1ccc2c(c1)OCCCO2.I. The van der Waals surface area contributed by atoms with E-state index in [1.54, 1.807) is 6.07 Å². The van der Waals surface area contributed by atoms with Crippen molar-refractivity contribution >= 4 is 47.2 Å². The van der Waals surface area contributed by atoms with Gasteiger partial charge in [0.25, 0.3) is 0 Å². The Kier molecular flexibility index (Phi) is 10.2. The van der Waals surface area contributed by atoms with Crippen LogP contribution in [0.15, 0.2) is 47.5 Å². The molecular formula is C22H29IN4O4. The molecule has 0 unspecified atom stereocenters. The molecule has 31 heavy (non-hydrogen) atoms. The Morgan fingerprint density at radius 3 is 2.61 bits per heavy atom. The van der Waals surface area contributed by atoms with Crippen LogP contribution >= 0.6 is 24.0 Å². The highest BCUT2D eigenvalue weighted by Gasteiger charge is 2.11. The minimum Gasteiger partial charge on any atom is -0.492 e. The van der Waals surface area contributed by atoms with Crippen molar-refractivity contribution in [2.24, 2.45) is 4.99 Å². The fourth-order valence-corrected chi connectivity index (χ4v) is 2.87. The molecule has 2 aromatic carbocycles. The summed E-state index contributed by atoms with van der Waals surface area (Å²) in [6, 6.07) is 13.0. The van der Waals surface area contributed by atoms with Crippen LogP contribution in [0, 0.1) is 0 Å². The largest absolute Gasteiger partial charge is 0.492 e. The Morgan fingerprint density at radius 2 is 1.84 bits per heavy atom. The van der Waals surface area contributed by atoms with Gasteiger partial charge in [0.15, 0.2) is 17.5 Å². The molecule has 168 valence electrons. The van der Waals surface area contributed by atoms with E-state index in [0.29, 0.717) is 43.8 Å².